The molecule has 9 nitrogen and oxygen atoms in total. The summed E-state index contributed by atoms with van der Waals surface area (Å²) < 4.78 is 0. The number of aliphatic hydroxyl groups excluding tert-OH is 3. The molecule has 1 amide bonds. The molecule has 18 heavy (non-hydrogen) atoms. The number of piperidine rings is 1. The van der Waals surface area contributed by atoms with E-state index in [2.05, 4.69) is 5.32 Å². The number of carbonyl (C=O) groups excluding carboxylic acids is 1. The van der Waals surface area contributed by atoms with E-state index in [1.165, 1.54) is 4.90 Å². The molecule has 1 fully saturated rings. The number of amides is 1. The lowest BCUT2D eigenvalue weighted by molar-refractivity contribution is -0.167. The van der Waals surface area contributed by atoms with E-state index in [-0.39, 0.29) is 13.1 Å². The number of nitrogens with one attached hydrogen (secondary N) is 2. The summed E-state index contributed by atoms with van der Waals surface area (Å²) in [7, 11) is 0. The van der Waals surface area contributed by atoms with Crippen LogP contribution in [0, 0.1) is 0 Å². The number of rotatable bonds is 5. The summed E-state index contributed by atoms with van der Waals surface area (Å²) in [5.41, 5.74) is 6.76. The summed E-state index contributed by atoms with van der Waals surface area (Å²) in [6.07, 6.45) is -2.70. The fraction of sp³-hybridized carbons (Fsp3) is 0.889. The molecule has 0 aromatic carbocycles. The molecule has 0 radical (unpaired) electrons. The summed E-state index contributed by atoms with van der Waals surface area (Å²) in [6, 6.07) is -0.574. The van der Waals surface area contributed by atoms with Crippen molar-refractivity contribution < 1.29 is 25.3 Å². The van der Waals surface area contributed by atoms with Crippen LogP contribution in [0.1, 0.15) is 12.8 Å². The molecular formula is C9H20N4O5. The zero-order valence-electron chi connectivity index (χ0n) is 9.86. The van der Waals surface area contributed by atoms with Gasteiger partial charge in [-0.15, -0.1) is 0 Å². The first-order valence-electron chi connectivity index (χ1n) is 5.68. The lowest BCUT2D eigenvalue weighted by Gasteiger charge is -2.42. The van der Waals surface area contributed by atoms with E-state index in [9.17, 15) is 20.1 Å². The molecule has 0 aromatic heterocycles. The Morgan fingerprint density at radius 2 is 2.11 bits per heavy atom. The highest BCUT2D eigenvalue weighted by molar-refractivity contribution is 5.78. The Morgan fingerprint density at radius 3 is 2.67 bits per heavy atom. The third kappa shape index (κ3) is 3.85. The molecule has 0 aromatic rings. The molecule has 4 atom stereocenters. The summed E-state index contributed by atoms with van der Waals surface area (Å²) >= 11 is 0. The second-order valence-corrected chi connectivity index (χ2v) is 4.19. The van der Waals surface area contributed by atoms with Gasteiger partial charge in [-0.3, -0.25) is 4.79 Å². The van der Waals surface area contributed by atoms with Crippen molar-refractivity contribution in [2.75, 3.05) is 13.1 Å². The number of hydrogen-bond donors (Lipinski definition) is 7. The molecule has 1 heterocycles. The number of carbonyl (C=O) groups is 1. The average Bonchev–Trinajstić information content (AvgIpc) is 2.37. The SMILES string of the molecule is NCC(=O)N[C@H]1CC[C@H](O)N(C[C@H](O)NO)[C@H]1O. The Balaban J connectivity index is 2.61. The van der Waals surface area contributed by atoms with Gasteiger partial charge in [-0.05, 0) is 12.8 Å². The van der Waals surface area contributed by atoms with E-state index >= 15 is 0 Å². The van der Waals surface area contributed by atoms with Crippen molar-refractivity contribution in [1.82, 2.24) is 15.7 Å². The van der Waals surface area contributed by atoms with E-state index in [0.29, 0.717) is 12.8 Å². The fourth-order valence-electron chi connectivity index (χ4n) is 1.93. The molecule has 1 rings (SSSR count). The van der Waals surface area contributed by atoms with Crippen LogP contribution in [0.5, 0.6) is 0 Å². The molecule has 0 bridgehead atoms. The molecule has 0 spiro atoms. The molecule has 1 saturated heterocycles. The smallest absolute Gasteiger partial charge is 0.234 e. The van der Waals surface area contributed by atoms with Crippen molar-refractivity contribution in [3.05, 3.63) is 0 Å². The predicted octanol–water partition coefficient (Wildman–Crippen LogP) is -3.54. The van der Waals surface area contributed by atoms with Crippen molar-refractivity contribution in [2.45, 2.75) is 37.6 Å². The largest absolute Gasteiger partial charge is 0.378 e. The Kier molecular flexibility index (Phi) is 5.88. The standard InChI is InChI=1S/C9H20N4O5/c10-3-6(14)11-5-1-2-8(16)13(9(5)17)4-7(15)12-18/h5,7-9,12,15-18H,1-4,10H2,(H,11,14)/t5-,7-,8-,9-/m0/s1. The van der Waals surface area contributed by atoms with Crippen LogP contribution in [0.2, 0.25) is 0 Å². The minimum atomic E-state index is -1.31. The van der Waals surface area contributed by atoms with E-state index in [1.54, 1.807) is 5.48 Å². The van der Waals surface area contributed by atoms with Crippen LogP contribution >= 0.6 is 0 Å². The summed E-state index contributed by atoms with van der Waals surface area (Å²) in [5, 5.41) is 39.9. The first kappa shape index (κ1) is 15.2. The molecule has 106 valence electrons. The zero-order chi connectivity index (χ0) is 13.7. The van der Waals surface area contributed by atoms with Crippen molar-refractivity contribution in [1.29, 1.82) is 0 Å². The van der Waals surface area contributed by atoms with Crippen LogP contribution in [-0.2, 0) is 4.79 Å². The van der Waals surface area contributed by atoms with Crippen LogP contribution < -0.4 is 16.5 Å². The molecule has 0 unspecified atom stereocenters. The van der Waals surface area contributed by atoms with Crippen molar-refractivity contribution in [3.63, 3.8) is 0 Å². The quantitative estimate of drug-likeness (QED) is 0.199. The second-order valence-electron chi connectivity index (χ2n) is 4.19. The van der Waals surface area contributed by atoms with Crippen LogP contribution in [0.3, 0.4) is 0 Å². The first-order valence-corrected chi connectivity index (χ1v) is 5.68. The molecule has 8 N–H and O–H groups in total. The Hall–Kier alpha value is -0.810. The van der Waals surface area contributed by atoms with Gasteiger partial charge in [0.1, 0.15) is 18.7 Å². The van der Waals surface area contributed by atoms with Gasteiger partial charge in [0.25, 0.3) is 0 Å². The minimum Gasteiger partial charge on any atom is -0.378 e. The maximum atomic E-state index is 11.2. The Bertz CT molecular complexity index is 280. The van der Waals surface area contributed by atoms with Crippen molar-refractivity contribution in [3.8, 4) is 0 Å². The summed E-state index contributed by atoms with van der Waals surface area (Å²) in [6.45, 7) is -0.375. The Labute approximate surface area is 104 Å². The molecule has 0 saturated carbocycles. The van der Waals surface area contributed by atoms with E-state index in [4.69, 9.17) is 10.9 Å². The van der Waals surface area contributed by atoms with Crippen LogP contribution in [-0.4, -0.2) is 69.1 Å². The average molecular weight is 264 g/mol. The van der Waals surface area contributed by atoms with Crippen LogP contribution in [0.4, 0.5) is 0 Å². The van der Waals surface area contributed by atoms with Gasteiger partial charge in [0, 0.05) is 6.54 Å². The first-order chi connectivity index (χ1) is 8.49. The number of nitrogens with zero attached hydrogens (tertiary/aromatic N) is 1. The monoisotopic (exact) mass is 264 g/mol. The second kappa shape index (κ2) is 6.95. The minimum absolute atomic E-state index is 0.187. The topological polar surface area (TPSA) is 151 Å². The third-order valence-corrected chi connectivity index (χ3v) is 2.88. The van der Waals surface area contributed by atoms with Gasteiger partial charge in [0.15, 0.2) is 0 Å². The summed E-state index contributed by atoms with van der Waals surface area (Å²) in [4.78, 5) is 12.3. The number of aliphatic hydroxyl groups is 3. The van der Waals surface area contributed by atoms with Gasteiger partial charge in [-0.1, -0.05) is 0 Å². The molecule has 9 heteroatoms. The molecule has 1 aliphatic heterocycles. The van der Waals surface area contributed by atoms with Gasteiger partial charge in [0.2, 0.25) is 5.91 Å². The number of likely N-dealkylation sites (tertiary alicyclic amines) is 1. The highest BCUT2D eigenvalue weighted by Gasteiger charge is 2.36. The number of nitrogens with two attached hydrogens (primary N) is 1. The lowest BCUT2D eigenvalue weighted by atomic mass is 10.0. The molecular weight excluding hydrogens is 244 g/mol. The van der Waals surface area contributed by atoms with E-state index in [0.717, 1.165) is 0 Å². The third-order valence-electron chi connectivity index (χ3n) is 2.88. The highest BCUT2D eigenvalue weighted by atomic mass is 16.5. The van der Waals surface area contributed by atoms with Gasteiger partial charge in [-0.25, -0.2) is 4.90 Å². The highest BCUT2D eigenvalue weighted by Crippen LogP contribution is 2.20. The van der Waals surface area contributed by atoms with Gasteiger partial charge in [0.05, 0.1) is 12.6 Å². The number of hydroxylamine groups is 1. The predicted molar refractivity (Wildman–Crippen MR) is 59.9 cm³/mol. The zero-order valence-corrected chi connectivity index (χ0v) is 9.86. The lowest BCUT2D eigenvalue weighted by Crippen LogP contribution is -2.61. The van der Waals surface area contributed by atoms with Crippen LogP contribution in [0.25, 0.3) is 0 Å². The maximum Gasteiger partial charge on any atom is 0.234 e. The normalized spacial score (nSPS) is 31.1. The number of hydrogen-bond acceptors (Lipinski definition) is 8. The molecule has 1 aliphatic rings. The summed E-state index contributed by atoms with van der Waals surface area (Å²) in [5.74, 6) is -0.406. The van der Waals surface area contributed by atoms with Gasteiger partial charge >= 0.3 is 0 Å². The van der Waals surface area contributed by atoms with Crippen molar-refractivity contribution >= 4 is 5.91 Å². The van der Waals surface area contributed by atoms with Crippen LogP contribution in [0.15, 0.2) is 0 Å². The molecule has 0 aliphatic carbocycles. The van der Waals surface area contributed by atoms with E-state index < -0.39 is 30.6 Å². The maximum absolute atomic E-state index is 11.2. The Morgan fingerprint density at radius 1 is 1.44 bits per heavy atom. The van der Waals surface area contributed by atoms with E-state index in [1.807, 2.05) is 0 Å². The van der Waals surface area contributed by atoms with Crippen molar-refractivity contribution in [2.24, 2.45) is 5.73 Å². The number of β-amino-alcohol motifs (C(OH)–C–C–N with tert-alkyl or cyclic N) is 1. The van der Waals surface area contributed by atoms with Gasteiger partial charge < -0.3 is 31.6 Å². The fourth-order valence-corrected chi connectivity index (χ4v) is 1.93. The van der Waals surface area contributed by atoms with Gasteiger partial charge in [-0.2, -0.15) is 5.48 Å².